The normalized spacial score (nSPS) is 10.9. The van der Waals surface area contributed by atoms with E-state index >= 15 is 0 Å². The third-order valence-corrected chi connectivity index (χ3v) is 4.63. The first-order valence-electron chi connectivity index (χ1n) is 9.10. The zero-order chi connectivity index (χ0) is 19.5. The number of aromatic nitrogens is 4. The molecule has 0 saturated carbocycles. The highest BCUT2D eigenvalue weighted by Gasteiger charge is 2.17. The van der Waals surface area contributed by atoms with Crippen LogP contribution in [0.2, 0.25) is 0 Å². The molecule has 2 heterocycles. The molecule has 0 radical (unpaired) electrons. The van der Waals surface area contributed by atoms with Crippen LogP contribution in [0.5, 0.6) is 5.75 Å². The Bertz CT molecular complexity index is 1100. The number of ether oxygens (including phenoxy) is 1. The number of H-pyrrole nitrogens is 2. The Morgan fingerprint density at radius 3 is 2.82 bits per heavy atom. The minimum Gasteiger partial charge on any atom is -0.493 e. The van der Waals surface area contributed by atoms with Crippen LogP contribution in [0.15, 0.2) is 54.9 Å². The summed E-state index contributed by atoms with van der Waals surface area (Å²) in [4.78, 5) is 14.7. The smallest absolute Gasteiger partial charge is 0.253 e. The number of fused-ring (bicyclic) bond motifs is 1. The standard InChI is InChI=1S/C21H21N5O2/c1-3-28-19-8-7-14(11-17(19)18-9-10-22-24-18)21(27)26(2)13-16-6-4-5-15-12-23-25-20(15)16/h4-12H,3,13H2,1-2H3,(H,22,24)(H,23,25). The molecule has 7 heteroatoms. The lowest BCUT2D eigenvalue weighted by molar-refractivity contribution is 0.0785. The Morgan fingerprint density at radius 2 is 2.04 bits per heavy atom. The number of rotatable bonds is 6. The Kier molecular flexibility index (Phi) is 4.80. The summed E-state index contributed by atoms with van der Waals surface area (Å²) in [5, 5.41) is 15.1. The number of hydrogen-bond acceptors (Lipinski definition) is 4. The van der Waals surface area contributed by atoms with Crippen molar-refractivity contribution in [3.8, 4) is 17.0 Å². The highest BCUT2D eigenvalue weighted by atomic mass is 16.5. The van der Waals surface area contributed by atoms with Crippen LogP contribution < -0.4 is 4.74 Å². The average Bonchev–Trinajstić information content (AvgIpc) is 3.40. The van der Waals surface area contributed by atoms with Crippen LogP contribution in [0.4, 0.5) is 0 Å². The van der Waals surface area contributed by atoms with Gasteiger partial charge in [-0.1, -0.05) is 18.2 Å². The maximum atomic E-state index is 13.0. The molecule has 0 fully saturated rings. The van der Waals surface area contributed by atoms with Crippen molar-refractivity contribution in [1.29, 1.82) is 0 Å². The molecule has 28 heavy (non-hydrogen) atoms. The zero-order valence-electron chi connectivity index (χ0n) is 15.8. The van der Waals surface area contributed by atoms with E-state index in [1.807, 2.05) is 43.3 Å². The molecule has 2 N–H and O–H groups in total. The van der Waals surface area contributed by atoms with Crippen molar-refractivity contribution in [3.05, 3.63) is 66.0 Å². The molecule has 0 atom stereocenters. The molecule has 0 bridgehead atoms. The molecule has 0 aliphatic heterocycles. The Hall–Kier alpha value is -3.61. The fourth-order valence-corrected chi connectivity index (χ4v) is 3.27. The molecule has 4 rings (SSSR count). The van der Waals surface area contributed by atoms with Gasteiger partial charge < -0.3 is 9.64 Å². The van der Waals surface area contributed by atoms with Gasteiger partial charge in [-0.25, -0.2) is 0 Å². The van der Waals surface area contributed by atoms with Gasteiger partial charge in [0.1, 0.15) is 5.75 Å². The number of nitrogens with zero attached hydrogens (tertiary/aromatic N) is 3. The van der Waals surface area contributed by atoms with Crippen LogP contribution in [0.3, 0.4) is 0 Å². The van der Waals surface area contributed by atoms with Crippen LogP contribution in [-0.4, -0.2) is 44.9 Å². The average molecular weight is 375 g/mol. The van der Waals surface area contributed by atoms with Crippen LogP contribution in [0, 0.1) is 0 Å². The summed E-state index contributed by atoms with van der Waals surface area (Å²) < 4.78 is 5.71. The van der Waals surface area contributed by atoms with E-state index in [0.29, 0.717) is 24.5 Å². The van der Waals surface area contributed by atoms with Gasteiger partial charge in [0.15, 0.2) is 0 Å². The highest BCUT2D eigenvalue weighted by Crippen LogP contribution is 2.30. The lowest BCUT2D eigenvalue weighted by Gasteiger charge is -2.19. The van der Waals surface area contributed by atoms with Crippen molar-refractivity contribution in [2.75, 3.05) is 13.7 Å². The van der Waals surface area contributed by atoms with Crippen LogP contribution in [-0.2, 0) is 6.54 Å². The molecule has 2 aromatic heterocycles. The lowest BCUT2D eigenvalue weighted by Crippen LogP contribution is -2.26. The first kappa shape index (κ1) is 17.8. The van der Waals surface area contributed by atoms with E-state index in [2.05, 4.69) is 20.4 Å². The zero-order valence-corrected chi connectivity index (χ0v) is 15.8. The summed E-state index contributed by atoms with van der Waals surface area (Å²) in [5.74, 6) is 0.647. The molecule has 0 saturated heterocycles. The molecule has 0 spiro atoms. The molecule has 0 aliphatic carbocycles. The van der Waals surface area contributed by atoms with Gasteiger partial charge in [-0.05, 0) is 36.8 Å². The van der Waals surface area contributed by atoms with E-state index in [-0.39, 0.29) is 5.91 Å². The molecule has 7 nitrogen and oxygen atoms in total. The van der Waals surface area contributed by atoms with Crippen molar-refractivity contribution in [2.45, 2.75) is 13.5 Å². The van der Waals surface area contributed by atoms with Gasteiger partial charge >= 0.3 is 0 Å². The second-order valence-corrected chi connectivity index (χ2v) is 6.53. The summed E-state index contributed by atoms with van der Waals surface area (Å²) in [7, 11) is 1.80. The molecule has 1 amide bonds. The lowest BCUT2D eigenvalue weighted by atomic mass is 10.1. The van der Waals surface area contributed by atoms with E-state index in [9.17, 15) is 4.79 Å². The number of aromatic amines is 2. The summed E-state index contributed by atoms with van der Waals surface area (Å²) in [6.07, 6.45) is 3.46. The number of nitrogens with one attached hydrogen (secondary N) is 2. The predicted molar refractivity (Wildman–Crippen MR) is 107 cm³/mol. The third kappa shape index (κ3) is 3.34. The van der Waals surface area contributed by atoms with Gasteiger partial charge in [0.2, 0.25) is 0 Å². The predicted octanol–water partition coefficient (Wildman–Crippen LogP) is 3.62. The van der Waals surface area contributed by atoms with Crippen LogP contribution in [0.1, 0.15) is 22.8 Å². The Morgan fingerprint density at radius 1 is 1.14 bits per heavy atom. The largest absolute Gasteiger partial charge is 0.493 e. The minimum atomic E-state index is -0.0691. The molecular formula is C21H21N5O2. The summed E-state index contributed by atoms with van der Waals surface area (Å²) >= 11 is 0. The van der Waals surface area contributed by atoms with Crippen molar-refractivity contribution < 1.29 is 9.53 Å². The molecule has 0 aliphatic rings. The third-order valence-electron chi connectivity index (χ3n) is 4.63. The van der Waals surface area contributed by atoms with Gasteiger partial charge in [-0.3, -0.25) is 15.0 Å². The van der Waals surface area contributed by atoms with Crippen LogP contribution >= 0.6 is 0 Å². The maximum absolute atomic E-state index is 13.0. The molecule has 142 valence electrons. The van der Waals surface area contributed by atoms with Gasteiger partial charge in [0.05, 0.1) is 24.0 Å². The first-order chi connectivity index (χ1) is 13.7. The van der Waals surface area contributed by atoms with Gasteiger partial charge in [-0.2, -0.15) is 10.2 Å². The number of carbonyl (C=O) groups excluding carboxylic acids is 1. The van der Waals surface area contributed by atoms with Gasteiger partial charge in [0, 0.05) is 36.3 Å². The van der Waals surface area contributed by atoms with E-state index in [4.69, 9.17) is 4.74 Å². The Labute approximate surface area is 162 Å². The highest BCUT2D eigenvalue weighted by molar-refractivity contribution is 5.96. The van der Waals surface area contributed by atoms with Gasteiger partial charge in [0.25, 0.3) is 5.91 Å². The molecule has 4 aromatic rings. The fourth-order valence-electron chi connectivity index (χ4n) is 3.27. The Balaban J connectivity index is 1.62. The number of amides is 1. The fraction of sp³-hybridized carbons (Fsp3) is 0.190. The summed E-state index contributed by atoms with van der Waals surface area (Å²) in [6, 6.07) is 13.3. The van der Waals surface area contributed by atoms with Crippen molar-refractivity contribution in [2.24, 2.45) is 0 Å². The second kappa shape index (κ2) is 7.56. The maximum Gasteiger partial charge on any atom is 0.253 e. The second-order valence-electron chi connectivity index (χ2n) is 6.53. The van der Waals surface area contributed by atoms with Crippen molar-refractivity contribution in [1.82, 2.24) is 25.3 Å². The minimum absolute atomic E-state index is 0.0691. The van der Waals surface area contributed by atoms with E-state index in [1.165, 1.54) is 0 Å². The van der Waals surface area contributed by atoms with Gasteiger partial charge in [-0.15, -0.1) is 0 Å². The molecular weight excluding hydrogens is 354 g/mol. The summed E-state index contributed by atoms with van der Waals surface area (Å²) in [6.45, 7) is 2.95. The SMILES string of the molecule is CCOc1ccc(C(=O)N(C)Cc2cccc3cn[nH]c23)cc1-c1ccn[nH]1. The first-order valence-corrected chi connectivity index (χ1v) is 9.10. The monoisotopic (exact) mass is 375 g/mol. The van der Waals surface area contributed by atoms with Crippen molar-refractivity contribution >= 4 is 16.8 Å². The number of carbonyl (C=O) groups is 1. The number of benzene rings is 2. The summed E-state index contributed by atoms with van der Waals surface area (Å²) in [5.41, 5.74) is 4.18. The quantitative estimate of drug-likeness (QED) is 0.539. The van der Waals surface area contributed by atoms with E-state index in [0.717, 1.165) is 27.7 Å². The van der Waals surface area contributed by atoms with E-state index < -0.39 is 0 Å². The van der Waals surface area contributed by atoms with Crippen molar-refractivity contribution in [3.63, 3.8) is 0 Å². The number of hydrogen-bond donors (Lipinski definition) is 2. The van der Waals surface area contributed by atoms with E-state index in [1.54, 1.807) is 30.4 Å². The van der Waals surface area contributed by atoms with Crippen LogP contribution in [0.25, 0.3) is 22.2 Å². The molecule has 2 aromatic carbocycles. The molecule has 0 unspecified atom stereocenters. The topological polar surface area (TPSA) is 86.9 Å². The number of para-hydroxylation sites is 1.